The van der Waals surface area contributed by atoms with Gasteiger partial charge in [0, 0.05) is 31.9 Å². The molecule has 1 atom stereocenters. The van der Waals surface area contributed by atoms with Crippen LogP contribution in [0.5, 0.6) is 0 Å². The predicted molar refractivity (Wildman–Crippen MR) is 115 cm³/mol. The summed E-state index contributed by atoms with van der Waals surface area (Å²) in [6.45, 7) is 8.92. The number of benzene rings is 1. The van der Waals surface area contributed by atoms with E-state index < -0.39 is 5.54 Å². The van der Waals surface area contributed by atoms with Crippen LogP contribution in [0.2, 0.25) is 0 Å². The average Bonchev–Trinajstić information content (AvgIpc) is 2.72. The van der Waals surface area contributed by atoms with Gasteiger partial charge in [-0.05, 0) is 43.7 Å². The van der Waals surface area contributed by atoms with Crippen molar-refractivity contribution >= 4 is 11.8 Å². The molecule has 0 aromatic heterocycles. The molecule has 2 amide bonds. The van der Waals surface area contributed by atoms with Crippen molar-refractivity contribution in [2.24, 2.45) is 5.92 Å². The first-order chi connectivity index (χ1) is 14.0. The molecule has 1 aromatic rings. The Morgan fingerprint density at radius 2 is 1.97 bits per heavy atom. The van der Waals surface area contributed by atoms with Gasteiger partial charge in [-0.15, -0.1) is 0 Å². The number of fused-ring (bicyclic) bond motifs is 1. The van der Waals surface area contributed by atoms with Crippen molar-refractivity contribution in [3.8, 4) is 0 Å². The molecule has 1 spiro atoms. The second-order valence-corrected chi connectivity index (χ2v) is 8.84. The highest BCUT2D eigenvalue weighted by Gasteiger charge is 2.54. The van der Waals surface area contributed by atoms with Gasteiger partial charge in [0.15, 0.2) is 0 Å². The highest BCUT2D eigenvalue weighted by atomic mass is 16.5. The molecule has 1 aliphatic carbocycles. The van der Waals surface area contributed by atoms with E-state index in [1.54, 1.807) is 0 Å². The number of nitrogens with one attached hydrogen (secondary N) is 1. The van der Waals surface area contributed by atoms with Gasteiger partial charge in [-0.1, -0.05) is 51.3 Å². The number of carbonyl (C=O) groups is 2. The molecule has 1 aliphatic heterocycles. The highest BCUT2D eigenvalue weighted by Crippen LogP contribution is 2.49. The fourth-order valence-corrected chi connectivity index (χ4v) is 5.11. The highest BCUT2D eigenvalue weighted by molar-refractivity contribution is 6.02. The standard InChI is InChI=1S/C24H36N2O3/c1-4-29-16-10-15-25-22(27)21-19-11-6-7-12-20(19)23(28)26(17-18(2)3)24(21)13-8-5-9-14-24/h6-7,11-12,18,21H,4-5,8-10,13-17H2,1-3H3,(H,25,27)/t21-/m1/s1. The van der Waals surface area contributed by atoms with Crippen LogP contribution in [0.1, 0.15) is 81.1 Å². The first-order valence-corrected chi connectivity index (χ1v) is 11.3. The minimum Gasteiger partial charge on any atom is -0.382 e. The summed E-state index contributed by atoms with van der Waals surface area (Å²) in [5.41, 5.74) is 1.19. The number of carbonyl (C=O) groups excluding carboxylic acids is 2. The number of hydrogen-bond donors (Lipinski definition) is 1. The maximum Gasteiger partial charge on any atom is 0.254 e. The van der Waals surface area contributed by atoms with Crippen molar-refractivity contribution in [1.29, 1.82) is 0 Å². The largest absolute Gasteiger partial charge is 0.382 e. The van der Waals surface area contributed by atoms with Crippen molar-refractivity contribution in [2.75, 3.05) is 26.3 Å². The monoisotopic (exact) mass is 400 g/mol. The molecule has 5 nitrogen and oxygen atoms in total. The summed E-state index contributed by atoms with van der Waals surface area (Å²) < 4.78 is 5.40. The van der Waals surface area contributed by atoms with Gasteiger partial charge in [0.1, 0.15) is 0 Å². The summed E-state index contributed by atoms with van der Waals surface area (Å²) in [7, 11) is 0. The van der Waals surface area contributed by atoms with E-state index >= 15 is 0 Å². The molecule has 1 aromatic carbocycles. The third-order valence-corrected chi connectivity index (χ3v) is 6.32. The average molecular weight is 401 g/mol. The second kappa shape index (κ2) is 9.75. The van der Waals surface area contributed by atoms with E-state index in [1.165, 1.54) is 6.42 Å². The first-order valence-electron chi connectivity index (χ1n) is 11.3. The van der Waals surface area contributed by atoms with Crippen molar-refractivity contribution < 1.29 is 14.3 Å². The molecule has 0 radical (unpaired) electrons. The number of hydrogen-bond acceptors (Lipinski definition) is 3. The lowest BCUT2D eigenvalue weighted by atomic mass is 9.65. The van der Waals surface area contributed by atoms with Crippen LogP contribution in [-0.4, -0.2) is 48.6 Å². The molecule has 1 fully saturated rings. The van der Waals surface area contributed by atoms with E-state index in [9.17, 15) is 9.59 Å². The van der Waals surface area contributed by atoms with Crippen LogP contribution in [0.15, 0.2) is 24.3 Å². The normalized spacial score (nSPS) is 20.8. The van der Waals surface area contributed by atoms with E-state index in [1.807, 2.05) is 31.2 Å². The van der Waals surface area contributed by atoms with Gasteiger partial charge in [-0.25, -0.2) is 0 Å². The van der Waals surface area contributed by atoms with Gasteiger partial charge >= 0.3 is 0 Å². The number of amides is 2. The molecule has 2 aliphatic rings. The molecular weight excluding hydrogens is 364 g/mol. The minimum absolute atomic E-state index is 0.0529. The topological polar surface area (TPSA) is 58.6 Å². The molecule has 0 saturated heterocycles. The third-order valence-electron chi connectivity index (χ3n) is 6.32. The Kier molecular flexibility index (Phi) is 7.33. The van der Waals surface area contributed by atoms with Crippen LogP contribution in [0, 0.1) is 5.92 Å². The molecular formula is C24H36N2O3. The number of ether oxygens (including phenoxy) is 1. The van der Waals surface area contributed by atoms with Crippen LogP contribution in [-0.2, 0) is 9.53 Å². The van der Waals surface area contributed by atoms with Crippen LogP contribution in [0.3, 0.4) is 0 Å². The van der Waals surface area contributed by atoms with Gasteiger partial charge in [-0.3, -0.25) is 9.59 Å². The molecule has 1 N–H and O–H groups in total. The molecule has 0 bridgehead atoms. The van der Waals surface area contributed by atoms with Crippen molar-refractivity contribution in [2.45, 2.75) is 70.8 Å². The van der Waals surface area contributed by atoms with Crippen LogP contribution < -0.4 is 5.32 Å². The van der Waals surface area contributed by atoms with Crippen LogP contribution >= 0.6 is 0 Å². The molecule has 3 rings (SSSR count). The zero-order chi connectivity index (χ0) is 20.9. The van der Waals surface area contributed by atoms with Gasteiger partial charge in [-0.2, -0.15) is 0 Å². The van der Waals surface area contributed by atoms with E-state index in [0.29, 0.717) is 37.8 Å². The van der Waals surface area contributed by atoms with E-state index in [-0.39, 0.29) is 17.7 Å². The van der Waals surface area contributed by atoms with Gasteiger partial charge in [0.05, 0.1) is 11.5 Å². The quantitative estimate of drug-likeness (QED) is 0.668. The van der Waals surface area contributed by atoms with E-state index in [2.05, 4.69) is 24.1 Å². The summed E-state index contributed by atoms with van der Waals surface area (Å²) in [6, 6.07) is 7.73. The maximum atomic E-state index is 13.5. The Morgan fingerprint density at radius 1 is 1.24 bits per heavy atom. The zero-order valence-electron chi connectivity index (χ0n) is 18.2. The fourth-order valence-electron chi connectivity index (χ4n) is 5.11. The predicted octanol–water partition coefficient (Wildman–Crippen LogP) is 4.13. The van der Waals surface area contributed by atoms with E-state index in [0.717, 1.165) is 37.7 Å². The summed E-state index contributed by atoms with van der Waals surface area (Å²) in [6.07, 6.45) is 5.91. The lowest BCUT2D eigenvalue weighted by Gasteiger charge is -2.54. The Bertz CT molecular complexity index is 710. The third kappa shape index (κ3) is 4.50. The van der Waals surface area contributed by atoms with E-state index in [4.69, 9.17) is 4.74 Å². The van der Waals surface area contributed by atoms with Crippen molar-refractivity contribution in [1.82, 2.24) is 10.2 Å². The van der Waals surface area contributed by atoms with Gasteiger partial charge in [0.2, 0.25) is 5.91 Å². The zero-order valence-corrected chi connectivity index (χ0v) is 18.2. The molecule has 29 heavy (non-hydrogen) atoms. The lowest BCUT2D eigenvalue weighted by molar-refractivity contribution is -0.127. The molecule has 1 heterocycles. The minimum atomic E-state index is -0.405. The second-order valence-electron chi connectivity index (χ2n) is 8.84. The number of nitrogens with zero attached hydrogens (tertiary/aromatic N) is 1. The summed E-state index contributed by atoms with van der Waals surface area (Å²) in [5, 5.41) is 3.16. The fraction of sp³-hybridized carbons (Fsp3) is 0.667. The number of rotatable bonds is 8. The molecule has 1 saturated carbocycles. The Morgan fingerprint density at radius 3 is 2.66 bits per heavy atom. The van der Waals surface area contributed by atoms with Crippen molar-refractivity contribution in [3.05, 3.63) is 35.4 Å². The van der Waals surface area contributed by atoms with Crippen LogP contribution in [0.4, 0.5) is 0 Å². The summed E-state index contributed by atoms with van der Waals surface area (Å²) in [5.74, 6) is 0.203. The van der Waals surface area contributed by atoms with Gasteiger partial charge in [0.25, 0.3) is 5.91 Å². The van der Waals surface area contributed by atoms with Crippen molar-refractivity contribution in [3.63, 3.8) is 0 Å². The smallest absolute Gasteiger partial charge is 0.254 e. The lowest BCUT2D eigenvalue weighted by Crippen LogP contribution is -2.63. The molecule has 160 valence electrons. The Labute approximate surface area is 175 Å². The Hall–Kier alpha value is -1.88. The Balaban J connectivity index is 1.95. The van der Waals surface area contributed by atoms with Crippen LogP contribution in [0.25, 0.3) is 0 Å². The van der Waals surface area contributed by atoms with Gasteiger partial charge < -0.3 is 15.0 Å². The molecule has 5 heteroatoms. The summed E-state index contributed by atoms with van der Waals surface area (Å²) in [4.78, 5) is 29.1. The SMILES string of the molecule is CCOCCCNC(=O)[C@H]1c2ccccc2C(=O)N(CC(C)C)C12CCCCC2. The summed E-state index contributed by atoms with van der Waals surface area (Å²) >= 11 is 0. The maximum absolute atomic E-state index is 13.5. The molecule has 0 unspecified atom stereocenters. The first kappa shape index (κ1) is 21.8.